The van der Waals surface area contributed by atoms with Gasteiger partial charge in [0.25, 0.3) is 0 Å². The quantitative estimate of drug-likeness (QED) is 0.382. The van der Waals surface area contributed by atoms with E-state index in [0.29, 0.717) is 0 Å². The highest BCUT2D eigenvalue weighted by atomic mass is 13.9. The fraction of sp³-hybridized carbons (Fsp3) is 0.400. The minimum atomic E-state index is 0. The minimum absolute atomic E-state index is 0. The Morgan fingerprint density at radius 1 is 0.850 bits per heavy atom. The van der Waals surface area contributed by atoms with Gasteiger partial charge in [-0.3, -0.25) is 0 Å². The van der Waals surface area contributed by atoms with Crippen molar-refractivity contribution in [1.29, 1.82) is 0 Å². The first-order chi connectivity index (χ1) is 9.26. The van der Waals surface area contributed by atoms with Gasteiger partial charge in [-0.1, -0.05) is 105 Å². The van der Waals surface area contributed by atoms with Gasteiger partial charge in [0.2, 0.25) is 0 Å². The van der Waals surface area contributed by atoms with Gasteiger partial charge < -0.3 is 0 Å². The average molecular weight is 279 g/mol. The van der Waals surface area contributed by atoms with Crippen molar-refractivity contribution < 1.29 is 0 Å². The molecular weight excluding hydrogens is 240 g/mol. The third-order valence-electron chi connectivity index (χ3n) is 1.39. The van der Waals surface area contributed by atoms with Crippen LogP contribution in [0.1, 0.15) is 61.5 Å². The summed E-state index contributed by atoms with van der Waals surface area (Å²) in [5, 5.41) is 0. The van der Waals surface area contributed by atoms with E-state index in [4.69, 9.17) is 0 Å². The normalized spacial score (nSPS) is 5.95. The first-order valence-electron chi connectivity index (χ1n) is 7.20. The van der Waals surface area contributed by atoms with E-state index in [0.717, 1.165) is 11.1 Å². The van der Waals surface area contributed by atoms with E-state index in [9.17, 15) is 0 Å². The number of hydrogen-bond donors (Lipinski definition) is 0. The Labute approximate surface area is 130 Å². The van der Waals surface area contributed by atoms with E-state index in [2.05, 4.69) is 19.7 Å². The van der Waals surface area contributed by atoms with Crippen molar-refractivity contribution in [3.63, 3.8) is 0 Å². The van der Waals surface area contributed by atoms with Crippen molar-refractivity contribution in [3.8, 4) is 0 Å². The molecule has 0 spiro atoms. The van der Waals surface area contributed by atoms with Gasteiger partial charge in [0.05, 0.1) is 0 Å². The largest absolute Gasteiger partial charge is 0.103 e. The van der Waals surface area contributed by atoms with Crippen LogP contribution in [0.2, 0.25) is 0 Å². The summed E-state index contributed by atoms with van der Waals surface area (Å²) in [6.45, 7) is 24.7. The Kier molecular flexibility index (Phi) is 55.9. The predicted molar refractivity (Wildman–Crippen MR) is 102 cm³/mol. The van der Waals surface area contributed by atoms with Gasteiger partial charge in [-0.15, -0.1) is 6.58 Å². The summed E-state index contributed by atoms with van der Waals surface area (Å²) in [6.07, 6.45) is 3.51. The molecule has 0 amide bonds. The monoisotopic (exact) mass is 278 g/mol. The molecule has 1 aromatic rings. The lowest BCUT2D eigenvalue weighted by atomic mass is 10.1. The molecule has 0 fully saturated rings. The first kappa shape index (κ1) is 31.0. The van der Waals surface area contributed by atoms with Crippen LogP contribution in [0.25, 0.3) is 5.57 Å². The molecule has 0 aliphatic carbocycles. The van der Waals surface area contributed by atoms with E-state index in [1.165, 1.54) is 0 Å². The molecule has 20 heavy (non-hydrogen) atoms. The Morgan fingerprint density at radius 2 is 1.15 bits per heavy atom. The van der Waals surface area contributed by atoms with Crippen molar-refractivity contribution in [2.75, 3.05) is 0 Å². The molecule has 0 atom stereocenters. The molecular formula is C20H38. The van der Waals surface area contributed by atoms with Crippen LogP contribution in [0.5, 0.6) is 0 Å². The van der Waals surface area contributed by atoms with Crippen LogP contribution in [0.3, 0.4) is 0 Å². The van der Waals surface area contributed by atoms with Gasteiger partial charge in [0, 0.05) is 0 Å². The highest BCUT2D eigenvalue weighted by Crippen LogP contribution is 2.10. The number of benzene rings is 1. The van der Waals surface area contributed by atoms with Gasteiger partial charge in [-0.05, 0) is 18.1 Å². The van der Waals surface area contributed by atoms with E-state index in [1.807, 2.05) is 78.8 Å². The lowest BCUT2D eigenvalue weighted by Gasteiger charge is -1.96. The van der Waals surface area contributed by atoms with Gasteiger partial charge in [-0.25, -0.2) is 0 Å². The van der Waals surface area contributed by atoms with Crippen LogP contribution >= 0.6 is 0 Å². The van der Waals surface area contributed by atoms with Crippen molar-refractivity contribution in [2.24, 2.45) is 0 Å². The topological polar surface area (TPSA) is 0 Å². The Balaban J connectivity index is -0.0000000642. The molecule has 0 aliphatic heterocycles. The predicted octanol–water partition coefficient (Wildman–Crippen LogP) is 7.79. The van der Waals surface area contributed by atoms with E-state index in [-0.39, 0.29) is 7.43 Å². The van der Waals surface area contributed by atoms with E-state index in [1.54, 1.807) is 12.2 Å². The zero-order chi connectivity index (χ0) is 16.1. The highest BCUT2D eigenvalue weighted by Gasteiger charge is 1.88. The zero-order valence-electron chi connectivity index (χ0n) is 14.2. The first-order valence-corrected chi connectivity index (χ1v) is 7.20. The SMILES string of the molecule is C.C=CC.C=CC(=C)c1ccccc1.CC.CC.CC. The zero-order valence-corrected chi connectivity index (χ0v) is 14.2. The lowest BCUT2D eigenvalue weighted by Crippen LogP contribution is -1.74. The second-order valence-corrected chi connectivity index (χ2v) is 2.50. The van der Waals surface area contributed by atoms with E-state index >= 15 is 0 Å². The molecule has 0 N–H and O–H groups in total. The molecule has 0 heteroatoms. The second kappa shape index (κ2) is 36.0. The molecule has 0 nitrogen and oxygen atoms in total. The smallest absolute Gasteiger partial charge is 0.0190 e. The number of allylic oxidation sites excluding steroid dienone is 3. The summed E-state index contributed by atoms with van der Waals surface area (Å²) >= 11 is 0. The van der Waals surface area contributed by atoms with Crippen LogP contribution in [0.4, 0.5) is 0 Å². The summed E-state index contributed by atoms with van der Waals surface area (Å²) < 4.78 is 0. The summed E-state index contributed by atoms with van der Waals surface area (Å²) in [6, 6.07) is 10.0. The van der Waals surface area contributed by atoms with Crippen LogP contribution in [0, 0.1) is 0 Å². The minimum Gasteiger partial charge on any atom is -0.103 e. The Hall–Kier alpha value is -1.56. The second-order valence-electron chi connectivity index (χ2n) is 2.50. The van der Waals surface area contributed by atoms with Crippen LogP contribution in [-0.2, 0) is 0 Å². The summed E-state index contributed by atoms with van der Waals surface area (Å²) in [4.78, 5) is 0. The van der Waals surface area contributed by atoms with Crippen molar-refractivity contribution in [3.05, 3.63) is 67.8 Å². The number of hydrogen-bond acceptors (Lipinski definition) is 0. The molecule has 0 aromatic heterocycles. The fourth-order valence-electron chi connectivity index (χ4n) is 0.770. The molecule has 0 aliphatic rings. The summed E-state index contributed by atoms with van der Waals surface area (Å²) in [5.41, 5.74) is 2.11. The van der Waals surface area contributed by atoms with Gasteiger partial charge in [0.15, 0.2) is 0 Å². The molecule has 1 aromatic carbocycles. The van der Waals surface area contributed by atoms with Gasteiger partial charge in [0.1, 0.15) is 0 Å². The third-order valence-corrected chi connectivity index (χ3v) is 1.39. The lowest BCUT2D eigenvalue weighted by molar-refractivity contribution is 1.50. The van der Waals surface area contributed by atoms with Crippen molar-refractivity contribution in [2.45, 2.75) is 55.9 Å². The summed E-state index contributed by atoms with van der Waals surface area (Å²) in [5.74, 6) is 0. The van der Waals surface area contributed by atoms with Gasteiger partial charge in [-0.2, -0.15) is 0 Å². The molecule has 0 heterocycles. The van der Waals surface area contributed by atoms with Crippen LogP contribution in [0.15, 0.2) is 62.2 Å². The standard InChI is InChI=1S/C10H10.C3H6.3C2H6.CH4/c1-3-9(2)10-7-5-4-6-8-10;1-3-2;3*1-2;/h3-8H,1-2H2;3H,1H2,2H3;3*1-2H3;1H4. The molecule has 0 radical (unpaired) electrons. The maximum Gasteiger partial charge on any atom is -0.0190 e. The molecule has 0 saturated heterocycles. The van der Waals surface area contributed by atoms with Crippen LogP contribution in [-0.4, -0.2) is 0 Å². The molecule has 118 valence electrons. The third kappa shape index (κ3) is 25.3. The van der Waals surface area contributed by atoms with Crippen molar-refractivity contribution >= 4 is 5.57 Å². The van der Waals surface area contributed by atoms with Gasteiger partial charge >= 0.3 is 0 Å². The molecule has 0 bridgehead atoms. The Morgan fingerprint density at radius 3 is 1.40 bits per heavy atom. The maximum absolute atomic E-state index is 3.83. The fourth-order valence-corrected chi connectivity index (χ4v) is 0.770. The van der Waals surface area contributed by atoms with Crippen molar-refractivity contribution in [1.82, 2.24) is 0 Å². The Bertz CT molecular complexity index is 267. The van der Waals surface area contributed by atoms with E-state index < -0.39 is 0 Å². The molecule has 1 rings (SSSR count). The number of rotatable bonds is 2. The average Bonchev–Trinajstić information content (AvgIpc) is 2.54. The summed E-state index contributed by atoms with van der Waals surface area (Å²) in [7, 11) is 0. The molecule has 0 unspecified atom stereocenters. The van der Waals surface area contributed by atoms with Crippen LogP contribution < -0.4 is 0 Å². The molecule has 0 saturated carbocycles. The maximum atomic E-state index is 3.83. The highest BCUT2D eigenvalue weighted by molar-refractivity contribution is 5.71.